The molecule has 2 N–H and O–H groups in total. The molecule has 0 radical (unpaired) electrons. The van der Waals surface area contributed by atoms with Crippen molar-refractivity contribution in [2.24, 2.45) is 17.1 Å². The minimum Gasteiger partial charge on any atom is -0.330 e. The van der Waals surface area contributed by atoms with Crippen molar-refractivity contribution in [3.8, 4) is 0 Å². The zero-order valence-corrected chi connectivity index (χ0v) is 10.8. The van der Waals surface area contributed by atoms with Crippen molar-refractivity contribution in [1.29, 1.82) is 0 Å². The third-order valence-corrected chi connectivity index (χ3v) is 4.26. The molecule has 88 valence electrons. The summed E-state index contributed by atoms with van der Waals surface area (Å²) in [5.74, 6) is 1.93. The second kappa shape index (κ2) is 3.89. The molecule has 2 atom stereocenters. The molecule has 16 heavy (non-hydrogen) atoms. The zero-order chi connectivity index (χ0) is 11.9. The van der Waals surface area contributed by atoms with Gasteiger partial charge < -0.3 is 5.73 Å². The van der Waals surface area contributed by atoms with E-state index in [-0.39, 0.29) is 0 Å². The molecule has 0 bridgehead atoms. The van der Waals surface area contributed by atoms with Crippen molar-refractivity contribution in [2.75, 3.05) is 6.54 Å². The number of hydrogen-bond acceptors (Lipinski definition) is 1. The Morgan fingerprint density at radius 1 is 1.25 bits per heavy atom. The molecule has 0 aliphatic heterocycles. The quantitative estimate of drug-likeness (QED) is 0.824. The van der Waals surface area contributed by atoms with Crippen molar-refractivity contribution in [3.63, 3.8) is 0 Å². The fraction of sp³-hybridized carbons (Fsp3) is 0.600. The maximum absolute atomic E-state index is 5.86. The highest BCUT2D eigenvalue weighted by atomic mass is 14.7. The summed E-state index contributed by atoms with van der Waals surface area (Å²) in [7, 11) is 0. The first-order valence-corrected chi connectivity index (χ1v) is 6.29. The highest BCUT2D eigenvalue weighted by Gasteiger charge is 2.57. The molecule has 1 nitrogen and oxygen atoms in total. The Labute approximate surface area is 99.0 Å². The largest absolute Gasteiger partial charge is 0.330 e. The van der Waals surface area contributed by atoms with Gasteiger partial charge in [0.05, 0.1) is 0 Å². The molecule has 1 saturated carbocycles. The average molecular weight is 217 g/mol. The summed E-state index contributed by atoms with van der Waals surface area (Å²) in [6.45, 7) is 10.0. The lowest BCUT2D eigenvalue weighted by atomic mass is 9.92. The van der Waals surface area contributed by atoms with Gasteiger partial charge in [-0.2, -0.15) is 0 Å². The van der Waals surface area contributed by atoms with Gasteiger partial charge in [-0.1, -0.05) is 52.0 Å². The van der Waals surface area contributed by atoms with E-state index in [4.69, 9.17) is 5.73 Å². The Morgan fingerprint density at radius 3 is 2.38 bits per heavy atom. The van der Waals surface area contributed by atoms with Gasteiger partial charge in [0.2, 0.25) is 0 Å². The van der Waals surface area contributed by atoms with Crippen LogP contribution >= 0.6 is 0 Å². The highest BCUT2D eigenvalue weighted by molar-refractivity contribution is 5.39. The summed E-state index contributed by atoms with van der Waals surface area (Å²) in [4.78, 5) is 0. The maximum Gasteiger partial charge on any atom is -0.00375 e. The molecule has 1 aliphatic rings. The van der Waals surface area contributed by atoms with Crippen LogP contribution in [0.2, 0.25) is 0 Å². The highest BCUT2D eigenvalue weighted by Crippen LogP contribution is 2.64. The molecule has 0 amide bonds. The van der Waals surface area contributed by atoms with Crippen LogP contribution in [0.1, 0.15) is 50.7 Å². The fourth-order valence-electron chi connectivity index (χ4n) is 3.12. The topological polar surface area (TPSA) is 26.0 Å². The maximum atomic E-state index is 5.86. The second-order valence-electron chi connectivity index (χ2n) is 5.92. The van der Waals surface area contributed by atoms with Gasteiger partial charge in [0, 0.05) is 0 Å². The Hall–Kier alpha value is -0.820. The number of rotatable bonds is 3. The number of benzene rings is 1. The van der Waals surface area contributed by atoms with E-state index < -0.39 is 0 Å². The summed E-state index contributed by atoms with van der Waals surface area (Å²) in [5.41, 5.74) is 9.27. The molecule has 0 saturated heterocycles. The van der Waals surface area contributed by atoms with Gasteiger partial charge in [-0.05, 0) is 40.8 Å². The third-order valence-electron chi connectivity index (χ3n) is 4.26. The van der Waals surface area contributed by atoms with Crippen LogP contribution in [-0.2, 0) is 0 Å². The van der Waals surface area contributed by atoms with E-state index in [1.807, 2.05) is 0 Å². The minimum atomic E-state index is 0.389. The van der Waals surface area contributed by atoms with Crippen molar-refractivity contribution in [3.05, 3.63) is 35.4 Å². The van der Waals surface area contributed by atoms with E-state index in [0.29, 0.717) is 23.2 Å². The molecule has 0 heterocycles. The van der Waals surface area contributed by atoms with Crippen LogP contribution in [0.3, 0.4) is 0 Å². The molecule has 0 spiro atoms. The standard InChI is InChI=1S/C15H23N/c1-10(2)11-7-5-6-8-12(11)14-13(9-16)15(14,3)4/h5-8,10,13-14H,9,16H2,1-4H3/t13-,14-/m1/s1. The minimum absolute atomic E-state index is 0.389. The Morgan fingerprint density at radius 2 is 1.88 bits per heavy atom. The van der Waals surface area contributed by atoms with Crippen LogP contribution in [-0.4, -0.2) is 6.54 Å². The molecule has 0 unspecified atom stereocenters. The first-order valence-electron chi connectivity index (χ1n) is 6.29. The van der Waals surface area contributed by atoms with Crippen LogP contribution in [0.15, 0.2) is 24.3 Å². The average Bonchev–Trinajstić information content (AvgIpc) is 2.80. The molecule has 1 heteroatoms. The van der Waals surface area contributed by atoms with Crippen LogP contribution in [0.4, 0.5) is 0 Å². The van der Waals surface area contributed by atoms with Gasteiger partial charge >= 0.3 is 0 Å². The molecule has 1 aliphatic carbocycles. The summed E-state index contributed by atoms with van der Waals surface area (Å²) in [5, 5.41) is 0. The van der Waals surface area contributed by atoms with E-state index in [1.165, 1.54) is 11.1 Å². The predicted molar refractivity (Wildman–Crippen MR) is 69.6 cm³/mol. The molecule has 0 aromatic heterocycles. The van der Waals surface area contributed by atoms with E-state index in [9.17, 15) is 0 Å². The van der Waals surface area contributed by atoms with Gasteiger partial charge in [0.15, 0.2) is 0 Å². The fourth-order valence-corrected chi connectivity index (χ4v) is 3.12. The zero-order valence-electron chi connectivity index (χ0n) is 10.8. The van der Waals surface area contributed by atoms with Crippen LogP contribution in [0.25, 0.3) is 0 Å². The van der Waals surface area contributed by atoms with Crippen molar-refractivity contribution in [2.45, 2.75) is 39.5 Å². The summed E-state index contributed by atoms with van der Waals surface area (Å²) >= 11 is 0. The summed E-state index contributed by atoms with van der Waals surface area (Å²) in [6, 6.07) is 8.86. The predicted octanol–water partition coefficient (Wildman–Crippen LogP) is 3.51. The van der Waals surface area contributed by atoms with Gasteiger partial charge in [0.1, 0.15) is 0 Å². The molecular weight excluding hydrogens is 194 g/mol. The SMILES string of the molecule is CC(C)c1ccccc1[C@@H]1[C@@H](CN)C1(C)C. The van der Waals surface area contributed by atoms with E-state index in [2.05, 4.69) is 52.0 Å². The first-order chi connectivity index (χ1) is 7.50. The summed E-state index contributed by atoms with van der Waals surface area (Å²) < 4.78 is 0. The molecule has 1 fully saturated rings. The van der Waals surface area contributed by atoms with Crippen molar-refractivity contribution < 1.29 is 0 Å². The van der Waals surface area contributed by atoms with Crippen molar-refractivity contribution in [1.82, 2.24) is 0 Å². The second-order valence-corrected chi connectivity index (χ2v) is 5.92. The van der Waals surface area contributed by atoms with E-state index >= 15 is 0 Å². The Bertz CT molecular complexity index is 379. The van der Waals surface area contributed by atoms with Crippen LogP contribution < -0.4 is 5.73 Å². The third kappa shape index (κ3) is 1.67. The summed E-state index contributed by atoms with van der Waals surface area (Å²) in [6.07, 6.45) is 0. The molecule has 1 aromatic carbocycles. The molecule has 2 rings (SSSR count). The van der Waals surface area contributed by atoms with E-state index in [1.54, 1.807) is 0 Å². The van der Waals surface area contributed by atoms with Gasteiger partial charge in [-0.15, -0.1) is 0 Å². The Kier molecular flexibility index (Phi) is 2.83. The first kappa shape index (κ1) is 11.7. The number of hydrogen-bond donors (Lipinski definition) is 1. The van der Waals surface area contributed by atoms with E-state index in [0.717, 1.165) is 6.54 Å². The molecule has 1 aromatic rings. The van der Waals surface area contributed by atoms with Crippen molar-refractivity contribution >= 4 is 0 Å². The van der Waals surface area contributed by atoms with Gasteiger partial charge in [-0.3, -0.25) is 0 Å². The lowest BCUT2D eigenvalue weighted by Crippen LogP contribution is -2.05. The lowest BCUT2D eigenvalue weighted by Gasteiger charge is -2.13. The van der Waals surface area contributed by atoms with Crippen LogP contribution in [0, 0.1) is 11.3 Å². The van der Waals surface area contributed by atoms with Gasteiger partial charge in [-0.25, -0.2) is 0 Å². The number of nitrogens with two attached hydrogens (primary N) is 1. The lowest BCUT2D eigenvalue weighted by molar-refractivity contribution is 0.558. The smallest absolute Gasteiger partial charge is 0.00375 e. The normalized spacial score (nSPS) is 27.1. The molecular formula is C15H23N. The van der Waals surface area contributed by atoms with Gasteiger partial charge in [0.25, 0.3) is 0 Å². The van der Waals surface area contributed by atoms with Crippen LogP contribution in [0.5, 0.6) is 0 Å². The Balaban J connectivity index is 2.36. The monoisotopic (exact) mass is 217 g/mol.